The van der Waals surface area contributed by atoms with Gasteiger partial charge in [0, 0.05) is 55.9 Å². The predicted molar refractivity (Wildman–Crippen MR) is 153 cm³/mol. The van der Waals surface area contributed by atoms with Gasteiger partial charge in [-0.05, 0) is 73.9 Å². The maximum Gasteiger partial charge on any atom is 0.302 e. The van der Waals surface area contributed by atoms with Gasteiger partial charge in [0.15, 0.2) is 0 Å². The number of amides is 1. The number of rotatable bonds is 9. The molecule has 39 heavy (non-hydrogen) atoms. The second kappa shape index (κ2) is 11.7. The number of piperidine rings is 1. The Balaban J connectivity index is 1.56. The summed E-state index contributed by atoms with van der Waals surface area (Å²) in [5.41, 5.74) is 1.72. The summed E-state index contributed by atoms with van der Waals surface area (Å²) in [4.78, 5) is 31.1. The third-order valence-corrected chi connectivity index (χ3v) is 9.05. The van der Waals surface area contributed by atoms with Crippen molar-refractivity contribution in [1.82, 2.24) is 9.80 Å². The van der Waals surface area contributed by atoms with Gasteiger partial charge in [0.2, 0.25) is 0 Å². The maximum absolute atomic E-state index is 14.0. The number of ether oxygens (including phenoxy) is 2. The SMILES string of the molecule is COc1cccc(C23CCN(CC4CC4)CC2C(OC(C)=O)C[C@H](N(CC(C)C)C(=O)c2ccccc2)C3)c1. The van der Waals surface area contributed by atoms with Crippen molar-refractivity contribution in [2.75, 3.05) is 33.3 Å². The van der Waals surface area contributed by atoms with Gasteiger partial charge in [-0.15, -0.1) is 0 Å². The van der Waals surface area contributed by atoms with Crippen LogP contribution in [0.5, 0.6) is 5.75 Å². The lowest BCUT2D eigenvalue weighted by Gasteiger charge is -2.57. The number of benzene rings is 2. The van der Waals surface area contributed by atoms with E-state index in [2.05, 4.69) is 41.8 Å². The van der Waals surface area contributed by atoms with E-state index >= 15 is 0 Å². The minimum atomic E-state index is -0.257. The van der Waals surface area contributed by atoms with Gasteiger partial charge in [0.05, 0.1) is 7.11 Å². The minimum absolute atomic E-state index is 0.0399. The second-order valence-electron chi connectivity index (χ2n) is 12.4. The van der Waals surface area contributed by atoms with E-state index < -0.39 is 0 Å². The molecule has 1 saturated heterocycles. The summed E-state index contributed by atoms with van der Waals surface area (Å²) >= 11 is 0. The molecule has 6 heteroatoms. The lowest BCUT2D eigenvalue weighted by Crippen LogP contribution is -2.62. The van der Waals surface area contributed by atoms with Crippen LogP contribution < -0.4 is 4.74 Å². The van der Waals surface area contributed by atoms with Gasteiger partial charge in [0.1, 0.15) is 11.9 Å². The van der Waals surface area contributed by atoms with Crippen LogP contribution in [0.1, 0.15) is 68.8 Å². The maximum atomic E-state index is 14.0. The molecule has 0 N–H and O–H groups in total. The van der Waals surface area contributed by atoms with E-state index in [1.807, 2.05) is 36.4 Å². The summed E-state index contributed by atoms with van der Waals surface area (Å²) < 4.78 is 11.8. The van der Waals surface area contributed by atoms with Crippen LogP contribution in [0.25, 0.3) is 0 Å². The van der Waals surface area contributed by atoms with Crippen molar-refractivity contribution < 1.29 is 19.1 Å². The van der Waals surface area contributed by atoms with Crippen LogP contribution in [-0.4, -0.2) is 67.1 Å². The van der Waals surface area contributed by atoms with E-state index in [1.54, 1.807) is 7.11 Å². The second-order valence-corrected chi connectivity index (χ2v) is 12.4. The molecule has 2 aromatic carbocycles. The van der Waals surface area contributed by atoms with Crippen molar-refractivity contribution >= 4 is 11.9 Å². The molecule has 1 amide bonds. The Bertz CT molecular complexity index is 1150. The van der Waals surface area contributed by atoms with Gasteiger partial charge < -0.3 is 19.3 Å². The first-order valence-electron chi connectivity index (χ1n) is 14.7. The van der Waals surface area contributed by atoms with E-state index in [9.17, 15) is 9.59 Å². The molecular formula is C33H44N2O4. The summed E-state index contributed by atoms with van der Waals surface area (Å²) in [6.45, 7) is 9.56. The fourth-order valence-corrected chi connectivity index (χ4v) is 7.11. The first kappa shape index (κ1) is 27.7. The highest BCUT2D eigenvalue weighted by molar-refractivity contribution is 5.94. The van der Waals surface area contributed by atoms with Crippen LogP contribution in [0.3, 0.4) is 0 Å². The van der Waals surface area contributed by atoms with Crippen molar-refractivity contribution in [2.24, 2.45) is 17.8 Å². The molecule has 1 aliphatic heterocycles. The monoisotopic (exact) mass is 532 g/mol. The number of hydrogen-bond donors (Lipinski definition) is 0. The van der Waals surface area contributed by atoms with Crippen LogP contribution in [0, 0.1) is 17.8 Å². The molecule has 5 rings (SSSR count). The van der Waals surface area contributed by atoms with Crippen LogP contribution >= 0.6 is 0 Å². The Morgan fingerprint density at radius 2 is 1.87 bits per heavy atom. The smallest absolute Gasteiger partial charge is 0.302 e. The zero-order valence-corrected chi connectivity index (χ0v) is 24.0. The van der Waals surface area contributed by atoms with E-state index in [-0.39, 0.29) is 35.4 Å². The van der Waals surface area contributed by atoms with E-state index in [4.69, 9.17) is 9.47 Å². The number of methoxy groups -OCH3 is 1. The minimum Gasteiger partial charge on any atom is -0.497 e. The molecule has 2 aliphatic carbocycles. The Morgan fingerprint density at radius 3 is 2.54 bits per heavy atom. The Labute approximate surface area is 233 Å². The lowest BCUT2D eigenvalue weighted by atomic mass is 9.56. The molecule has 210 valence electrons. The summed E-state index contributed by atoms with van der Waals surface area (Å²) in [5.74, 6) is 1.93. The van der Waals surface area contributed by atoms with Gasteiger partial charge in [-0.2, -0.15) is 0 Å². The van der Waals surface area contributed by atoms with Crippen molar-refractivity contribution in [1.29, 1.82) is 0 Å². The summed E-state index contributed by atoms with van der Waals surface area (Å²) in [6.07, 6.45) is 4.88. The molecule has 0 bridgehead atoms. The number of carbonyl (C=O) groups is 2. The van der Waals surface area contributed by atoms with E-state index in [1.165, 1.54) is 25.3 Å². The molecule has 2 saturated carbocycles. The van der Waals surface area contributed by atoms with E-state index in [0.717, 1.165) is 44.1 Å². The number of nitrogens with zero attached hydrogens (tertiary/aromatic N) is 2. The lowest BCUT2D eigenvalue weighted by molar-refractivity contribution is -0.159. The molecule has 4 atom stereocenters. The largest absolute Gasteiger partial charge is 0.497 e. The molecular weight excluding hydrogens is 488 g/mol. The Hall–Kier alpha value is -2.86. The number of hydrogen-bond acceptors (Lipinski definition) is 5. The average molecular weight is 533 g/mol. The van der Waals surface area contributed by atoms with E-state index in [0.29, 0.717) is 24.4 Å². The molecule has 0 spiro atoms. The normalized spacial score (nSPS) is 27.1. The number of esters is 1. The molecule has 0 radical (unpaired) electrons. The summed E-state index contributed by atoms with van der Waals surface area (Å²) in [7, 11) is 1.71. The third kappa shape index (κ3) is 6.16. The highest BCUT2D eigenvalue weighted by Gasteiger charge is 2.55. The first-order valence-corrected chi connectivity index (χ1v) is 14.7. The zero-order chi connectivity index (χ0) is 27.6. The fourth-order valence-electron chi connectivity index (χ4n) is 7.11. The van der Waals surface area contributed by atoms with Crippen LogP contribution in [0.4, 0.5) is 0 Å². The Morgan fingerprint density at radius 1 is 1.10 bits per heavy atom. The Kier molecular flexibility index (Phi) is 8.32. The average Bonchev–Trinajstić information content (AvgIpc) is 3.75. The van der Waals surface area contributed by atoms with Crippen molar-refractivity contribution in [2.45, 2.75) is 70.4 Å². The third-order valence-electron chi connectivity index (χ3n) is 9.05. The molecule has 3 unspecified atom stereocenters. The van der Waals surface area contributed by atoms with Gasteiger partial charge >= 0.3 is 5.97 Å². The molecule has 3 fully saturated rings. The topological polar surface area (TPSA) is 59.1 Å². The summed E-state index contributed by atoms with van der Waals surface area (Å²) in [6, 6.07) is 18.0. The van der Waals surface area contributed by atoms with Gasteiger partial charge in [-0.3, -0.25) is 9.59 Å². The fraction of sp³-hybridized carbons (Fsp3) is 0.576. The molecule has 3 aliphatic rings. The zero-order valence-electron chi connectivity index (χ0n) is 24.0. The molecule has 2 aromatic rings. The van der Waals surface area contributed by atoms with Gasteiger partial charge in [-0.25, -0.2) is 0 Å². The first-order chi connectivity index (χ1) is 18.8. The van der Waals surface area contributed by atoms with Crippen molar-refractivity contribution in [3.63, 3.8) is 0 Å². The van der Waals surface area contributed by atoms with Crippen molar-refractivity contribution in [3.05, 3.63) is 65.7 Å². The number of fused-ring (bicyclic) bond motifs is 1. The number of carbonyl (C=O) groups excluding carboxylic acids is 2. The highest BCUT2D eigenvalue weighted by atomic mass is 16.5. The van der Waals surface area contributed by atoms with Crippen LogP contribution in [-0.2, 0) is 14.9 Å². The van der Waals surface area contributed by atoms with Gasteiger partial charge in [-0.1, -0.05) is 44.2 Å². The molecule has 0 aromatic heterocycles. The van der Waals surface area contributed by atoms with Crippen molar-refractivity contribution in [3.8, 4) is 5.75 Å². The summed E-state index contributed by atoms with van der Waals surface area (Å²) in [5, 5.41) is 0. The van der Waals surface area contributed by atoms with Gasteiger partial charge in [0.25, 0.3) is 5.91 Å². The standard InChI is InChI=1S/C33H44N2O4/c1-23(2)20-35(32(37)26-9-6-5-7-10-26)28-18-31(39-24(3)36)30-22-34(21-25-13-14-25)16-15-33(30,19-28)27-11-8-12-29(17-27)38-4/h5-12,17,23,25,28,30-31H,13-16,18-22H2,1-4H3/t28-,30?,31?,33?/m0/s1. The number of likely N-dealkylation sites (tertiary alicyclic amines) is 1. The highest BCUT2D eigenvalue weighted by Crippen LogP contribution is 2.52. The predicted octanol–water partition coefficient (Wildman–Crippen LogP) is 5.56. The van der Waals surface area contributed by atoms with Crippen LogP contribution in [0.15, 0.2) is 54.6 Å². The quantitative estimate of drug-likeness (QED) is 0.396. The molecule has 6 nitrogen and oxygen atoms in total. The molecule has 1 heterocycles. The van der Waals surface area contributed by atoms with Crippen LogP contribution in [0.2, 0.25) is 0 Å².